The van der Waals surface area contributed by atoms with Gasteiger partial charge in [0.15, 0.2) is 11.5 Å². The summed E-state index contributed by atoms with van der Waals surface area (Å²) in [5.74, 6) is 2.65. The quantitative estimate of drug-likeness (QED) is 0.832. The van der Waals surface area contributed by atoms with Gasteiger partial charge in [0, 0.05) is 5.75 Å². The fourth-order valence-electron chi connectivity index (χ4n) is 2.70. The minimum Gasteiger partial charge on any atom is -0.493 e. The number of ether oxygens (including phenoxy) is 2. The molecule has 0 unspecified atom stereocenters. The fraction of sp³-hybridized carbons (Fsp3) is 0.467. The van der Waals surface area contributed by atoms with E-state index in [0.717, 1.165) is 5.75 Å². The molecule has 1 N–H and O–H groups in total. The molecule has 2 saturated heterocycles. The molecule has 1 aromatic rings. The van der Waals surface area contributed by atoms with Gasteiger partial charge in [-0.05, 0) is 24.3 Å². The van der Waals surface area contributed by atoms with Crippen molar-refractivity contribution in [3.05, 3.63) is 24.3 Å². The van der Waals surface area contributed by atoms with E-state index in [2.05, 4.69) is 5.32 Å². The maximum absolute atomic E-state index is 12.5. The highest BCUT2D eigenvalue weighted by Crippen LogP contribution is 2.33. The molecule has 0 radical (unpaired) electrons. The molecule has 7 heteroatoms. The van der Waals surface area contributed by atoms with Crippen molar-refractivity contribution in [3.63, 3.8) is 0 Å². The lowest BCUT2D eigenvalue weighted by Crippen LogP contribution is -2.47. The molecular formula is C15H18N2O4S. The molecule has 2 aliphatic heterocycles. The molecule has 0 saturated carbocycles. The molecule has 3 rings (SSSR count). The second kappa shape index (κ2) is 6.08. The molecule has 1 aromatic carbocycles. The third kappa shape index (κ3) is 2.61. The number of amides is 3. The molecule has 1 spiro atoms. The van der Waals surface area contributed by atoms with E-state index < -0.39 is 5.54 Å². The Balaban J connectivity index is 1.60. The first kappa shape index (κ1) is 15.0. The van der Waals surface area contributed by atoms with E-state index in [9.17, 15) is 9.59 Å². The summed E-state index contributed by atoms with van der Waals surface area (Å²) in [5.41, 5.74) is -0.688. The number of nitrogens with zero attached hydrogens (tertiary/aromatic N) is 1. The average Bonchev–Trinajstić information content (AvgIpc) is 3.08. The summed E-state index contributed by atoms with van der Waals surface area (Å²) in [6.45, 7) is 0.470. The Labute approximate surface area is 133 Å². The average molecular weight is 322 g/mol. The van der Waals surface area contributed by atoms with Crippen LogP contribution in [-0.4, -0.2) is 54.1 Å². The summed E-state index contributed by atoms with van der Waals surface area (Å²) >= 11 is 1.69. The molecule has 22 heavy (non-hydrogen) atoms. The Morgan fingerprint density at radius 2 is 2.09 bits per heavy atom. The van der Waals surface area contributed by atoms with E-state index in [0.29, 0.717) is 23.7 Å². The van der Waals surface area contributed by atoms with Crippen LogP contribution in [0.5, 0.6) is 11.5 Å². The van der Waals surface area contributed by atoms with E-state index in [4.69, 9.17) is 9.47 Å². The molecule has 0 aliphatic carbocycles. The normalized spacial score (nSPS) is 24.0. The number of para-hydroxylation sites is 2. The van der Waals surface area contributed by atoms with Gasteiger partial charge in [-0.15, -0.1) is 0 Å². The van der Waals surface area contributed by atoms with Crippen molar-refractivity contribution >= 4 is 23.7 Å². The van der Waals surface area contributed by atoms with Gasteiger partial charge in [0.2, 0.25) is 0 Å². The minimum absolute atomic E-state index is 0.133. The predicted octanol–water partition coefficient (Wildman–Crippen LogP) is 1.50. The van der Waals surface area contributed by atoms with E-state index in [1.54, 1.807) is 31.0 Å². The van der Waals surface area contributed by atoms with Crippen LogP contribution in [0.4, 0.5) is 4.79 Å². The van der Waals surface area contributed by atoms with Gasteiger partial charge < -0.3 is 14.8 Å². The number of methoxy groups -OCH3 is 1. The fourth-order valence-corrected chi connectivity index (χ4v) is 4.02. The molecule has 1 atom stereocenters. The highest BCUT2D eigenvalue weighted by atomic mass is 32.2. The largest absolute Gasteiger partial charge is 0.493 e. The van der Waals surface area contributed by atoms with Gasteiger partial charge in [-0.2, -0.15) is 11.8 Å². The van der Waals surface area contributed by atoms with Gasteiger partial charge in [0.05, 0.1) is 13.7 Å². The highest BCUT2D eigenvalue weighted by molar-refractivity contribution is 7.99. The third-order valence-corrected chi connectivity index (χ3v) is 5.10. The van der Waals surface area contributed by atoms with Crippen LogP contribution in [0.2, 0.25) is 0 Å². The summed E-state index contributed by atoms with van der Waals surface area (Å²) in [5, 5.41) is 2.84. The standard InChI is InChI=1S/C15H18N2O4S/c1-20-11-4-2-3-5-12(11)21-8-7-17-13(18)15(16-14(17)19)6-9-22-10-15/h2-5H,6-10H2,1H3,(H,16,19)/t15-/m0/s1. The van der Waals surface area contributed by atoms with Gasteiger partial charge in [0.1, 0.15) is 12.1 Å². The molecule has 2 aliphatic rings. The molecule has 0 aromatic heterocycles. The van der Waals surface area contributed by atoms with Crippen molar-refractivity contribution in [2.45, 2.75) is 12.0 Å². The first-order valence-electron chi connectivity index (χ1n) is 7.14. The SMILES string of the molecule is COc1ccccc1OCCN1C(=O)N[C@]2(CCSC2)C1=O. The maximum atomic E-state index is 12.5. The van der Waals surface area contributed by atoms with Crippen molar-refractivity contribution in [1.29, 1.82) is 0 Å². The minimum atomic E-state index is -0.688. The van der Waals surface area contributed by atoms with Crippen LogP contribution in [0.25, 0.3) is 0 Å². The monoisotopic (exact) mass is 322 g/mol. The van der Waals surface area contributed by atoms with E-state index in [1.165, 1.54) is 4.90 Å². The number of hydrogen-bond donors (Lipinski definition) is 1. The second-order valence-corrected chi connectivity index (χ2v) is 6.38. The molecule has 2 fully saturated rings. The second-order valence-electron chi connectivity index (χ2n) is 5.27. The van der Waals surface area contributed by atoms with Gasteiger partial charge in [-0.3, -0.25) is 9.69 Å². The van der Waals surface area contributed by atoms with Crippen molar-refractivity contribution < 1.29 is 19.1 Å². The smallest absolute Gasteiger partial charge is 0.325 e. The molecule has 118 valence electrons. The van der Waals surface area contributed by atoms with Crippen molar-refractivity contribution in [2.75, 3.05) is 31.8 Å². The topological polar surface area (TPSA) is 67.9 Å². The van der Waals surface area contributed by atoms with Gasteiger partial charge in [-0.25, -0.2) is 4.79 Å². The molecular weight excluding hydrogens is 304 g/mol. The lowest BCUT2D eigenvalue weighted by Gasteiger charge is -2.19. The molecule has 2 heterocycles. The molecule has 0 bridgehead atoms. The Morgan fingerprint density at radius 3 is 2.77 bits per heavy atom. The Morgan fingerprint density at radius 1 is 1.32 bits per heavy atom. The molecule has 3 amide bonds. The van der Waals surface area contributed by atoms with Crippen LogP contribution in [0.3, 0.4) is 0 Å². The van der Waals surface area contributed by atoms with Crippen molar-refractivity contribution in [1.82, 2.24) is 10.2 Å². The lowest BCUT2D eigenvalue weighted by atomic mass is 9.99. The van der Waals surface area contributed by atoms with E-state index in [1.807, 2.05) is 12.1 Å². The van der Waals surface area contributed by atoms with Crippen LogP contribution in [0.1, 0.15) is 6.42 Å². The Kier molecular flexibility index (Phi) is 4.15. The van der Waals surface area contributed by atoms with Crippen molar-refractivity contribution in [2.24, 2.45) is 0 Å². The zero-order chi connectivity index (χ0) is 15.6. The van der Waals surface area contributed by atoms with E-state index in [-0.39, 0.29) is 25.1 Å². The van der Waals surface area contributed by atoms with Crippen LogP contribution in [0.15, 0.2) is 24.3 Å². The zero-order valence-corrected chi connectivity index (χ0v) is 13.1. The number of nitrogens with one attached hydrogen (secondary N) is 1. The van der Waals surface area contributed by atoms with Gasteiger partial charge in [0.25, 0.3) is 5.91 Å². The number of hydrogen-bond acceptors (Lipinski definition) is 5. The summed E-state index contributed by atoms with van der Waals surface area (Å²) < 4.78 is 10.8. The van der Waals surface area contributed by atoms with Crippen LogP contribution in [0, 0.1) is 0 Å². The number of imide groups is 1. The zero-order valence-electron chi connectivity index (χ0n) is 12.3. The van der Waals surface area contributed by atoms with Gasteiger partial charge in [-0.1, -0.05) is 12.1 Å². The predicted molar refractivity (Wildman–Crippen MR) is 83.4 cm³/mol. The van der Waals surface area contributed by atoms with Crippen LogP contribution in [-0.2, 0) is 4.79 Å². The van der Waals surface area contributed by atoms with Gasteiger partial charge >= 0.3 is 6.03 Å². The number of rotatable bonds is 5. The summed E-state index contributed by atoms with van der Waals surface area (Å²) in [4.78, 5) is 25.7. The first-order valence-corrected chi connectivity index (χ1v) is 8.29. The summed E-state index contributed by atoms with van der Waals surface area (Å²) in [7, 11) is 1.57. The van der Waals surface area contributed by atoms with Crippen molar-refractivity contribution in [3.8, 4) is 11.5 Å². The summed E-state index contributed by atoms with van der Waals surface area (Å²) in [6, 6.07) is 6.96. The lowest BCUT2D eigenvalue weighted by molar-refractivity contribution is -0.130. The van der Waals surface area contributed by atoms with Crippen LogP contribution >= 0.6 is 11.8 Å². The molecule has 6 nitrogen and oxygen atoms in total. The Bertz CT molecular complexity index is 587. The Hall–Kier alpha value is -1.89. The number of benzene rings is 1. The number of urea groups is 1. The number of carbonyl (C=O) groups excluding carboxylic acids is 2. The third-order valence-electron chi connectivity index (χ3n) is 3.91. The number of thioether (sulfide) groups is 1. The van der Waals surface area contributed by atoms with E-state index >= 15 is 0 Å². The highest BCUT2D eigenvalue weighted by Gasteiger charge is 2.52. The maximum Gasteiger partial charge on any atom is 0.325 e. The first-order chi connectivity index (χ1) is 10.7. The number of carbonyl (C=O) groups is 2. The van der Waals surface area contributed by atoms with Crippen LogP contribution < -0.4 is 14.8 Å². The summed E-state index contributed by atoms with van der Waals surface area (Å²) in [6.07, 6.45) is 0.701.